The summed E-state index contributed by atoms with van der Waals surface area (Å²) in [5.41, 5.74) is 0. The highest BCUT2D eigenvalue weighted by molar-refractivity contribution is 4.97. The Morgan fingerprint density at radius 1 is 1.44 bits per heavy atom. The Morgan fingerprint density at radius 2 is 2.39 bits per heavy atom. The Kier molecular flexibility index (Phi) is 5.75. The molecule has 18 heavy (non-hydrogen) atoms. The molecule has 0 aliphatic heterocycles. The predicted octanol–water partition coefficient (Wildman–Crippen LogP) is 3.21. The van der Waals surface area contributed by atoms with Crippen molar-refractivity contribution in [1.82, 2.24) is 5.32 Å². The Bertz CT molecular complexity index is 310. The van der Waals surface area contributed by atoms with Gasteiger partial charge in [0.2, 0.25) is 0 Å². The van der Waals surface area contributed by atoms with Crippen LogP contribution < -0.4 is 5.32 Å². The van der Waals surface area contributed by atoms with Crippen molar-refractivity contribution < 1.29 is 9.15 Å². The molecule has 0 aromatic carbocycles. The van der Waals surface area contributed by atoms with Gasteiger partial charge in [0.25, 0.3) is 0 Å². The van der Waals surface area contributed by atoms with E-state index in [2.05, 4.69) is 12.2 Å². The maximum atomic E-state index is 5.75. The lowest BCUT2D eigenvalue weighted by Gasteiger charge is -2.26. The second-order valence-electron chi connectivity index (χ2n) is 5.47. The van der Waals surface area contributed by atoms with Crippen molar-refractivity contribution in [3.05, 3.63) is 24.2 Å². The average molecular weight is 251 g/mol. The van der Waals surface area contributed by atoms with Crippen molar-refractivity contribution in [3.63, 3.8) is 0 Å². The van der Waals surface area contributed by atoms with Crippen LogP contribution in [0.3, 0.4) is 0 Å². The first-order chi connectivity index (χ1) is 8.84. The molecule has 3 heteroatoms. The van der Waals surface area contributed by atoms with E-state index in [1.165, 1.54) is 25.7 Å². The lowest BCUT2D eigenvalue weighted by Crippen LogP contribution is -2.23. The molecule has 1 aromatic rings. The molecular formula is C15H25NO2. The zero-order valence-corrected chi connectivity index (χ0v) is 11.4. The summed E-state index contributed by atoms with van der Waals surface area (Å²) in [4.78, 5) is 0. The Morgan fingerprint density at radius 3 is 3.17 bits per heavy atom. The van der Waals surface area contributed by atoms with Gasteiger partial charge in [0.15, 0.2) is 0 Å². The summed E-state index contributed by atoms with van der Waals surface area (Å²) in [5.74, 6) is 2.67. The number of rotatable bonds is 7. The first-order valence-electron chi connectivity index (χ1n) is 7.15. The molecule has 2 rings (SSSR count). The molecule has 1 aliphatic rings. The normalized spacial score (nSPS) is 24.3. The van der Waals surface area contributed by atoms with Crippen molar-refractivity contribution >= 4 is 0 Å². The number of ether oxygens (including phenoxy) is 1. The van der Waals surface area contributed by atoms with E-state index in [0.717, 1.165) is 43.9 Å². The van der Waals surface area contributed by atoms with Gasteiger partial charge in [-0.15, -0.1) is 0 Å². The van der Waals surface area contributed by atoms with E-state index < -0.39 is 0 Å². The van der Waals surface area contributed by atoms with Crippen LogP contribution in [0.2, 0.25) is 0 Å². The van der Waals surface area contributed by atoms with Crippen molar-refractivity contribution in [3.8, 4) is 0 Å². The largest absolute Gasteiger partial charge is 0.468 e. The molecule has 0 saturated heterocycles. The van der Waals surface area contributed by atoms with Gasteiger partial charge in [-0.05, 0) is 36.8 Å². The van der Waals surface area contributed by atoms with E-state index in [-0.39, 0.29) is 0 Å². The molecule has 0 bridgehead atoms. The lowest BCUT2D eigenvalue weighted by molar-refractivity contribution is 0.0777. The molecule has 3 nitrogen and oxygen atoms in total. The predicted molar refractivity (Wildman–Crippen MR) is 72.4 cm³/mol. The smallest absolute Gasteiger partial charge is 0.117 e. The molecule has 1 saturated carbocycles. The molecule has 1 heterocycles. The van der Waals surface area contributed by atoms with Gasteiger partial charge in [-0.2, -0.15) is 0 Å². The molecule has 2 atom stereocenters. The van der Waals surface area contributed by atoms with Crippen molar-refractivity contribution in [1.29, 1.82) is 0 Å². The molecule has 1 aromatic heterocycles. The second-order valence-corrected chi connectivity index (χ2v) is 5.47. The van der Waals surface area contributed by atoms with Gasteiger partial charge in [-0.25, -0.2) is 0 Å². The summed E-state index contributed by atoms with van der Waals surface area (Å²) < 4.78 is 11.0. The summed E-state index contributed by atoms with van der Waals surface area (Å²) in [7, 11) is 0. The SMILES string of the molecule is CC1CCCC(COCCNCc2ccco2)C1. The van der Waals surface area contributed by atoms with Gasteiger partial charge in [0.05, 0.1) is 19.4 Å². The van der Waals surface area contributed by atoms with Crippen LogP contribution in [0.15, 0.2) is 22.8 Å². The minimum absolute atomic E-state index is 0.789. The van der Waals surface area contributed by atoms with E-state index in [4.69, 9.17) is 9.15 Å². The minimum Gasteiger partial charge on any atom is -0.468 e. The molecule has 0 spiro atoms. The van der Waals surface area contributed by atoms with Crippen molar-refractivity contribution in [2.75, 3.05) is 19.8 Å². The van der Waals surface area contributed by atoms with Crippen LogP contribution in [0.1, 0.15) is 38.4 Å². The van der Waals surface area contributed by atoms with E-state index in [1.54, 1.807) is 6.26 Å². The third-order valence-electron chi connectivity index (χ3n) is 3.70. The number of hydrogen-bond donors (Lipinski definition) is 1. The van der Waals surface area contributed by atoms with Gasteiger partial charge in [0, 0.05) is 13.2 Å². The fraction of sp³-hybridized carbons (Fsp3) is 0.733. The number of hydrogen-bond acceptors (Lipinski definition) is 3. The Balaban J connectivity index is 1.46. The van der Waals surface area contributed by atoms with Crippen LogP contribution in [0.25, 0.3) is 0 Å². The third kappa shape index (κ3) is 4.83. The van der Waals surface area contributed by atoms with Crippen LogP contribution in [0, 0.1) is 11.8 Å². The van der Waals surface area contributed by atoms with Gasteiger partial charge in [0.1, 0.15) is 5.76 Å². The van der Waals surface area contributed by atoms with Gasteiger partial charge in [-0.3, -0.25) is 0 Å². The molecule has 1 fully saturated rings. The molecule has 1 aliphatic carbocycles. The second kappa shape index (κ2) is 7.59. The zero-order valence-electron chi connectivity index (χ0n) is 11.4. The number of nitrogens with one attached hydrogen (secondary N) is 1. The Hall–Kier alpha value is -0.800. The topological polar surface area (TPSA) is 34.4 Å². The van der Waals surface area contributed by atoms with Crippen molar-refractivity contribution in [2.24, 2.45) is 11.8 Å². The van der Waals surface area contributed by atoms with Crippen LogP contribution in [0.5, 0.6) is 0 Å². The van der Waals surface area contributed by atoms with E-state index in [1.807, 2.05) is 12.1 Å². The van der Waals surface area contributed by atoms with E-state index in [9.17, 15) is 0 Å². The summed E-state index contributed by atoms with van der Waals surface area (Å²) in [6.45, 7) is 5.77. The summed E-state index contributed by atoms with van der Waals surface area (Å²) in [6.07, 6.45) is 7.19. The first kappa shape index (κ1) is 13.6. The van der Waals surface area contributed by atoms with Crippen LogP contribution in [-0.2, 0) is 11.3 Å². The quantitative estimate of drug-likeness (QED) is 0.756. The monoisotopic (exact) mass is 251 g/mol. The lowest BCUT2D eigenvalue weighted by atomic mass is 9.83. The molecular weight excluding hydrogens is 226 g/mol. The summed E-state index contributed by atoms with van der Waals surface area (Å²) in [5, 5.41) is 3.32. The maximum Gasteiger partial charge on any atom is 0.117 e. The molecule has 0 amide bonds. The zero-order chi connectivity index (χ0) is 12.6. The van der Waals surface area contributed by atoms with Gasteiger partial charge >= 0.3 is 0 Å². The fourth-order valence-electron chi connectivity index (χ4n) is 2.73. The highest BCUT2D eigenvalue weighted by Gasteiger charge is 2.18. The maximum absolute atomic E-state index is 5.75. The van der Waals surface area contributed by atoms with Gasteiger partial charge < -0.3 is 14.5 Å². The minimum atomic E-state index is 0.789. The van der Waals surface area contributed by atoms with Crippen LogP contribution in [-0.4, -0.2) is 19.8 Å². The van der Waals surface area contributed by atoms with E-state index in [0.29, 0.717) is 0 Å². The van der Waals surface area contributed by atoms with Gasteiger partial charge in [-0.1, -0.05) is 19.8 Å². The average Bonchev–Trinajstić information content (AvgIpc) is 2.87. The molecule has 1 N–H and O–H groups in total. The number of furan rings is 1. The standard InChI is InChI=1S/C15H25NO2/c1-13-4-2-5-14(10-13)12-17-9-7-16-11-15-6-3-8-18-15/h3,6,8,13-14,16H,2,4-5,7,9-12H2,1H3. The van der Waals surface area contributed by atoms with Crippen LogP contribution >= 0.6 is 0 Å². The summed E-state index contributed by atoms with van der Waals surface area (Å²) >= 11 is 0. The van der Waals surface area contributed by atoms with E-state index >= 15 is 0 Å². The molecule has 2 unspecified atom stereocenters. The van der Waals surface area contributed by atoms with Crippen molar-refractivity contribution in [2.45, 2.75) is 39.2 Å². The third-order valence-corrected chi connectivity index (χ3v) is 3.70. The highest BCUT2D eigenvalue weighted by atomic mass is 16.5. The summed E-state index contributed by atoms with van der Waals surface area (Å²) in [6, 6.07) is 3.90. The highest BCUT2D eigenvalue weighted by Crippen LogP contribution is 2.28. The molecule has 102 valence electrons. The fourth-order valence-corrected chi connectivity index (χ4v) is 2.73. The Labute approximate surface area is 110 Å². The molecule has 0 radical (unpaired) electrons. The van der Waals surface area contributed by atoms with Crippen LogP contribution in [0.4, 0.5) is 0 Å². The first-order valence-corrected chi connectivity index (χ1v) is 7.15.